The summed E-state index contributed by atoms with van der Waals surface area (Å²) in [6.45, 7) is 0. The van der Waals surface area contributed by atoms with Gasteiger partial charge in [0.25, 0.3) is 5.70 Å². The van der Waals surface area contributed by atoms with E-state index in [-0.39, 0.29) is 11.3 Å². The third-order valence-corrected chi connectivity index (χ3v) is 2.49. The topological polar surface area (TPSA) is 83.7 Å². The lowest BCUT2D eigenvalue weighted by atomic mass is 10.1. The second-order valence-electron chi connectivity index (χ2n) is 3.79. The van der Waals surface area contributed by atoms with Crippen molar-refractivity contribution in [1.82, 2.24) is 0 Å². The molecule has 19 heavy (non-hydrogen) atoms. The Kier molecular flexibility index (Phi) is 3.53. The number of allylic oxidation sites excluding steroid dienone is 4. The predicted octanol–water partition coefficient (Wildman–Crippen LogP) is 2.07. The average Bonchev–Trinajstić information content (AvgIpc) is 2.41. The minimum atomic E-state index is -0.640. The Balaban J connectivity index is 2.21. The number of rotatable bonds is 3. The maximum absolute atomic E-state index is 11.6. The molecule has 0 aliphatic heterocycles. The fraction of sp³-hybridized carbons (Fsp3) is 0. The normalized spacial score (nSPS) is 16.4. The van der Waals surface area contributed by atoms with E-state index in [1.807, 2.05) is 0 Å². The van der Waals surface area contributed by atoms with Crippen LogP contribution in [0.1, 0.15) is 0 Å². The van der Waals surface area contributed by atoms with Crippen molar-refractivity contribution < 1.29 is 14.9 Å². The smallest absolute Gasteiger partial charge is 0.273 e. The molecular formula is C13H10N2O4. The Bertz CT molecular complexity index is 602. The molecule has 0 heterocycles. The lowest BCUT2D eigenvalue weighted by Gasteiger charge is -2.13. The van der Waals surface area contributed by atoms with Crippen LogP contribution in [0.25, 0.3) is 0 Å². The second-order valence-corrected chi connectivity index (χ2v) is 3.79. The number of carbonyl (C=O) groups excluding carboxylic acids is 1. The molecule has 0 atom stereocenters. The maximum Gasteiger partial charge on any atom is 0.273 e. The molecule has 0 amide bonds. The molecule has 0 saturated carbocycles. The Labute approximate surface area is 108 Å². The summed E-state index contributed by atoms with van der Waals surface area (Å²) in [5, 5.41) is 21.1. The minimum Gasteiger partial charge on any atom is -0.289 e. The van der Waals surface area contributed by atoms with Crippen LogP contribution in [0.2, 0.25) is 0 Å². The van der Waals surface area contributed by atoms with E-state index in [1.165, 1.54) is 18.4 Å². The van der Waals surface area contributed by atoms with E-state index >= 15 is 0 Å². The van der Waals surface area contributed by atoms with Gasteiger partial charge in [-0.05, 0) is 18.2 Å². The van der Waals surface area contributed by atoms with Crippen LogP contribution in [0.4, 0.5) is 5.69 Å². The van der Waals surface area contributed by atoms with E-state index in [1.54, 1.807) is 30.3 Å². The van der Waals surface area contributed by atoms with Crippen LogP contribution >= 0.6 is 0 Å². The molecule has 96 valence electrons. The number of anilines is 1. The molecule has 1 aliphatic rings. The number of para-hydroxylation sites is 1. The highest BCUT2D eigenvalue weighted by atomic mass is 16.6. The van der Waals surface area contributed by atoms with Crippen LogP contribution in [0.5, 0.6) is 0 Å². The molecule has 1 aromatic rings. The largest absolute Gasteiger partial charge is 0.289 e. The number of hydroxylamine groups is 1. The van der Waals surface area contributed by atoms with Crippen LogP contribution < -0.4 is 5.06 Å². The highest BCUT2D eigenvalue weighted by Crippen LogP contribution is 2.17. The lowest BCUT2D eigenvalue weighted by Crippen LogP contribution is -2.14. The standard InChI is InChI=1S/C13H10N2O4/c16-13-8-12(15(18)19)7-6-10(13)9-14(17)11-4-2-1-3-5-11/h1-9,17H. The van der Waals surface area contributed by atoms with Crippen molar-refractivity contribution in [2.75, 3.05) is 5.06 Å². The molecule has 0 aromatic heterocycles. The van der Waals surface area contributed by atoms with Gasteiger partial charge in [0.05, 0.1) is 16.7 Å². The van der Waals surface area contributed by atoms with Gasteiger partial charge in [-0.2, -0.15) is 0 Å². The third-order valence-electron chi connectivity index (χ3n) is 2.49. The van der Waals surface area contributed by atoms with E-state index in [0.29, 0.717) is 5.69 Å². The van der Waals surface area contributed by atoms with Crippen molar-refractivity contribution in [3.63, 3.8) is 0 Å². The van der Waals surface area contributed by atoms with Crippen molar-refractivity contribution >= 4 is 11.5 Å². The predicted molar refractivity (Wildman–Crippen MR) is 68.0 cm³/mol. The van der Waals surface area contributed by atoms with E-state index in [9.17, 15) is 20.1 Å². The van der Waals surface area contributed by atoms with E-state index in [4.69, 9.17) is 0 Å². The molecule has 2 rings (SSSR count). The van der Waals surface area contributed by atoms with Gasteiger partial charge in [-0.25, -0.2) is 5.06 Å². The number of nitrogens with zero attached hydrogens (tertiary/aromatic N) is 2. The summed E-state index contributed by atoms with van der Waals surface area (Å²) in [7, 11) is 0. The molecule has 1 aromatic carbocycles. The average molecular weight is 258 g/mol. The molecule has 0 radical (unpaired) electrons. The van der Waals surface area contributed by atoms with Crippen molar-refractivity contribution in [1.29, 1.82) is 0 Å². The number of ketones is 1. The monoisotopic (exact) mass is 258 g/mol. The number of carbonyl (C=O) groups is 1. The van der Waals surface area contributed by atoms with Gasteiger partial charge in [0, 0.05) is 17.8 Å². The number of nitro groups is 1. The molecule has 1 aliphatic carbocycles. The Hall–Kier alpha value is -2.73. The maximum atomic E-state index is 11.6. The molecule has 6 heteroatoms. The SMILES string of the molecule is O=C1C=C([N+](=O)[O-])C=CC1=CN(O)c1ccccc1. The number of benzene rings is 1. The van der Waals surface area contributed by atoms with Gasteiger partial charge in [0.15, 0.2) is 5.78 Å². The summed E-state index contributed by atoms with van der Waals surface area (Å²) < 4.78 is 0. The van der Waals surface area contributed by atoms with Crippen molar-refractivity contribution in [2.45, 2.75) is 0 Å². The Morgan fingerprint density at radius 1 is 1.21 bits per heavy atom. The number of hydrogen-bond acceptors (Lipinski definition) is 5. The van der Waals surface area contributed by atoms with Crippen LogP contribution in [-0.2, 0) is 4.79 Å². The molecule has 0 fully saturated rings. The minimum absolute atomic E-state index is 0.164. The summed E-state index contributed by atoms with van der Waals surface area (Å²) in [5.74, 6) is -0.524. The van der Waals surface area contributed by atoms with Gasteiger partial charge >= 0.3 is 0 Å². The zero-order chi connectivity index (χ0) is 13.8. The zero-order valence-corrected chi connectivity index (χ0v) is 9.76. The van der Waals surface area contributed by atoms with Gasteiger partial charge in [-0.1, -0.05) is 18.2 Å². The summed E-state index contributed by atoms with van der Waals surface area (Å²) in [4.78, 5) is 21.5. The quantitative estimate of drug-likeness (QED) is 0.509. The number of hydrogen-bond donors (Lipinski definition) is 1. The molecule has 0 unspecified atom stereocenters. The summed E-state index contributed by atoms with van der Waals surface area (Å²) >= 11 is 0. The molecular weight excluding hydrogens is 248 g/mol. The van der Waals surface area contributed by atoms with Crippen molar-refractivity contribution in [3.8, 4) is 0 Å². The van der Waals surface area contributed by atoms with Crippen LogP contribution in [-0.4, -0.2) is 15.9 Å². The van der Waals surface area contributed by atoms with E-state index < -0.39 is 10.7 Å². The van der Waals surface area contributed by atoms with Gasteiger partial charge in [0.1, 0.15) is 0 Å². The first kappa shape index (κ1) is 12.7. The van der Waals surface area contributed by atoms with Crippen LogP contribution in [0.15, 0.2) is 66.0 Å². The first-order valence-corrected chi connectivity index (χ1v) is 5.41. The summed E-state index contributed by atoms with van der Waals surface area (Å²) in [6, 6.07) is 8.58. The fourth-order valence-electron chi connectivity index (χ4n) is 1.53. The van der Waals surface area contributed by atoms with Crippen LogP contribution in [0, 0.1) is 10.1 Å². The zero-order valence-electron chi connectivity index (χ0n) is 9.76. The highest BCUT2D eigenvalue weighted by molar-refractivity contribution is 6.07. The van der Waals surface area contributed by atoms with Gasteiger partial charge in [-0.3, -0.25) is 20.1 Å². The molecule has 0 spiro atoms. The van der Waals surface area contributed by atoms with E-state index in [2.05, 4.69) is 0 Å². The first-order valence-electron chi connectivity index (χ1n) is 5.41. The van der Waals surface area contributed by atoms with Gasteiger partial charge in [0.2, 0.25) is 0 Å². The van der Waals surface area contributed by atoms with Gasteiger partial charge in [-0.15, -0.1) is 0 Å². The lowest BCUT2D eigenvalue weighted by molar-refractivity contribution is -0.419. The highest BCUT2D eigenvalue weighted by Gasteiger charge is 2.18. The van der Waals surface area contributed by atoms with Crippen LogP contribution in [0.3, 0.4) is 0 Å². The third kappa shape index (κ3) is 2.93. The van der Waals surface area contributed by atoms with Crippen molar-refractivity contribution in [3.05, 3.63) is 76.1 Å². The summed E-state index contributed by atoms with van der Waals surface area (Å²) in [6.07, 6.45) is 4.64. The second kappa shape index (κ2) is 5.28. The van der Waals surface area contributed by atoms with E-state index in [0.717, 1.165) is 11.1 Å². The Morgan fingerprint density at radius 2 is 1.89 bits per heavy atom. The molecule has 0 bridgehead atoms. The summed E-state index contributed by atoms with van der Waals surface area (Å²) in [5.41, 5.74) is 0.378. The first-order chi connectivity index (χ1) is 9.08. The molecule has 6 nitrogen and oxygen atoms in total. The molecule has 0 saturated heterocycles. The fourth-order valence-corrected chi connectivity index (χ4v) is 1.53. The van der Waals surface area contributed by atoms with Crippen molar-refractivity contribution in [2.24, 2.45) is 0 Å². The van der Waals surface area contributed by atoms with Gasteiger partial charge < -0.3 is 0 Å². The Morgan fingerprint density at radius 3 is 2.47 bits per heavy atom. The molecule has 1 N–H and O–H groups in total.